The highest BCUT2D eigenvalue weighted by Gasteiger charge is 2.21. The van der Waals surface area contributed by atoms with Crippen molar-refractivity contribution >= 4 is 18.2 Å². The molecule has 1 saturated heterocycles. The molecule has 1 N–H and O–H groups in total. The fourth-order valence-corrected chi connectivity index (χ4v) is 3.03. The minimum Gasteiger partial charge on any atom is -0.338 e. The number of nitrogens with zero attached hydrogens (tertiary/aromatic N) is 4. The van der Waals surface area contributed by atoms with E-state index >= 15 is 0 Å². The molecule has 3 rings (SSSR count). The second kappa shape index (κ2) is 6.41. The maximum absolute atomic E-state index is 5.40. The summed E-state index contributed by atoms with van der Waals surface area (Å²) < 4.78 is 2.66. The van der Waals surface area contributed by atoms with Crippen LogP contribution in [0.3, 0.4) is 0 Å². The zero-order valence-electron chi connectivity index (χ0n) is 12.3. The lowest BCUT2D eigenvalue weighted by Gasteiger charge is -2.34. The molecule has 0 amide bonds. The van der Waals surface area contributed by atoms with Gasteiger partial charge in [0.1, 0.15) is 0 Å². The number of para-hydroxylation sites is 1. The van der Waals surface area contributed by atoms with E-state index in [0.29, 0.717) is 4.77 Å². The van der Waals surface area contributed by atoms with Crippen molar-refractivity contribution in [1.82, 2.24) is 19.7 Å². The molecule has 1 aliphatic heterocycles. The minimum absolute atomic E-state index is 0.646. The molecular weight excluding hydrogens is 282 g/mol. The molecule has 2 heterocycles. The lowest BCUT2D eigenvalue weighted by molar-refractivity contribution is 0.257. The van der Waals surface area contributed by atoms with Crippen molar-refractivity contribution in [2.75, 3.05) is 37.6 Å². The zero-order valence-corrected chi connectivity index (χ0v) is 13.1. The third kappa shape index (κ3) is 3.01. The van der Waals surface area contributed by atoms with Gasteiger partial charge in [0.15, 0.2) is 0 Å². The Hall–Kier alpha value is -1.66. The van der Waals surface area contributed by atoms with Crippen LogP contribution < -0.4 is 4.90 Å². The first kappa shape index (κ1) is 14.3. The minimum atomic E-state index is 0.646. The summed E-state index contributed by atoms with van der Waals surface area (Å²) in [5.74, 6) is 0.919. The number of rotatable bonds is 4. The monoisotopic (exact) mass is 303 g/mol. The number of hydrogen-bond donors (Lipinski definition) is 1. The Morgan fingerprint density at radius 2 is 1.86 bits per heavy atom. The largest absolute Gasteiger partial charge is 0.338 e. The zero-order chi connectivity index (χ0) is 14.7. The van der Waals surface area contributed by atoms with Crippen LogP contribution in [-0.2, 0) is 0 Å². The van der Waals surface area contributed by atoms with Crippen LogP contribution in [0.25, 0.3) is 5.69 Å². The molecule has 0 aliphatic carbocycles. The lowest BCUT2D eigenvalue weighted by Crippen LogP contribution is -2.47. The van der Waals surface area contributed by atoms with E-state index in [2.05, 4.69) is 39.1 Å². The standard InChI is InChI=1S/C15H21N5S/c1-2-8-18-9-11-19(12-10-18)14-16-17-15(21)20(14)13-6-4-3-5-7-13/h3-7H,2,8-12H2,1H3,(H,17,21). The van der Waals surface area contributed by atoms with Crippen LogP contribution in [0.2, 0.25) is 0 Å². The fourth-order valence-electron chi connectivity index (χ4n) is 2.80. The van der Waals surface area contributed by atoms with Crippen molar-refractivity contribution in [3.8, 4) is 5.69 Å². The van der Waals surface area contributed by atoms with Gasteiger partial charge in [-0.1, -0.05) is 25.1 Å². The first-order valence-corrected chi connectivity index (χ1v) is 7.90. The van der Waals surface area contributed by atoms with Gasteiger partial charge in [0.2, 0.25) is 10.7 Å². The fraction of sp³-hybridized carbons (Fsp3) is 0.467. The molecule has 5 nitrogen and oxygen atoms in total. The summed E-state index contributed by atoms with van der Waals surface area (Å²) in [7, 11) is 0. The van der Waals surface area contributed by atoms with Gasteiger partial charge in [-0.05, 0) is 37.3 Å². The summed E-state index contributed by atoms with van der Waals surface area (Å²) in [6.45, 7) is 7.57. The first-order chi connectivity index (χ1) is 10.3. The van der Waals surface area contributed by atoms with E-state index in [1.807, 2.05) is 22.8 Å². The Morgan fingerprint density at radius 1 is 1.14 bits per heavy atom. The summed E-state index contributed by atoms with van der Waals surface area (Å²) >= 11 is 5.40. The molecular formula is C15H21N5S. The molecule has 1 aromatic heterocycles. The third-order valence-corrected chi connectivity index (χ3v) is 4.14. The predicted octanol–water partition coefficient (Wildman–Crippen LogP) is 2.46. The van der Waals surface area contributed by atoms with Crippen molar-refractivity contribution in [3.63, 3.8) is 0 Å². The van der Waals surface area contributed by atoms with Crippen LogP contribution in [0, 0.1) is 4.77 Å². The van der Waals surface area contributed by atoms with E-state index in [1.165, 1.54) is 13.0 Å². The smallest absolute Gasteiger partial charge is 0.230 e. The SMILES string of the molecule is CCCN1CCN(c2n[nH]c(=S)n2-c2ccccc2)CC1. The second-order valence-corrected chi connectivity index (χ2v) is 5.72. The van der Waals surface area contributed by atoms with Gasteiger partial charge in [-0.3, -0.25) is 9.47 Å². The van der Waals surface area contributed by atoms with E-state index in [9.17, 15) is 0 Å². The molecule has 0 radical (unpaired) electrons. The van der Waals surface area contributed by atoms with Gasteiger partial charge < -0.3 is 4.90 Å². The number of nitrogens with one attached hydrogen (secondary N) is 1. The molecule has 1 fully saturated rings. The number of aromatic amines is 1. The second-order valence-electron chi connectivity index (χ2n) is 5.33. The van der Waals surface area contributed by atoms with Crippen molar-refractivity contribution in [3.05, 3.63) is 35.1 Å². The quantitative estimate of drug-likeness (QED) is 0.881. The molecule has 1 aliphatic rings. The van der Waals surface area contributed by atoms with Crippen molar-refractivity contribution in [1.29, 1.82) is 0 Å². The number of piperazine rings is 1. The van der Waals surface area contributed by atoms with Gasteiger partial charge in [0.05, 0.1) is 5.69 Å². The molecule has 0 saturated carbocycles. The number of H-pyrrole nitrogens is 1. The molecule has 0 atom stereocenters. The number of anilines is 1. The van der Waals surface area contributed by atoms with Crippen LogP contribution >= 0.6 is 12.2 Å². The summed E-state index contributed by atoms with van der Waals surface area (Å²) in [6, 6.07) is 10.2. The molecule has 6 heteroatoms. The maximum Gasteiger partial charge on any atom is 0.230 e. The Kier molecular flexibility index (Phi) is 4.36. The summed E-state index contributed by atoms with van der Waals surface area (Å²) in [5, 5.41) is 7.37. The van der Waals surface area contributed by atoms with E-state index < -0.39 is 0 Å². The highest BCUT2D eigenvalue weighted by atomic mass is 32.1. The average molecular weight is 303 g/mol. The van der Waals surface area contributed by atoms with Gasteiger partial charge in [-0.15, -0.1) is 5.10 Å². The van der Waals surface area contributed by atoms with Gasteiger partial charge in [0.25, 0.3) is 0 Å². The van der Waals surface area contributed by atoms with Crippen LogP contribution in [0.15, 0.2) is 30.3 Å². The summed E-state index contributed by atoms with van der Waals surface area (Å²) in [6.07, 6.45) is 1.21. The van der Waals surface area contributed by atoms with E-state index in [0.717, 1.165) is 37.8 Å². The van der Waals surface area contributed by atoms with E-state index in [-0.39, 0.29) is 0 Å². The number of hydrogen-bond acceptors (Lipinski definition) is 4. The lowest BCUT2D eigenvalue weighted by atomic mass is 10.3. The molecule has 2 aromatic rings. The Bertz CT molecular complexity index is 625. The van der Waals surface area contributed by atoms with Crippen molar-refractivity contribution in [2.45, 2.75) is 13.3 Å². The molecule has 112 valence electrons. The summed E-state index contributed by atoms with van der Waals surface area (Å²) in [5.41, 5.74) is 1.06. The Balaban J connectivity index is 1.83. The highest BCUT2D eigenvalue weighted by molar-refractivity contribution is 7.71. The average Bonchev–Trinajstić information content (AvgIpc) is 2.91. The highest BCUT2D eigenvalue weighted by Crippen LogP contribution is 2.19. The number of benzene rings is 1. The van der Waals surface area contributed by atoms with E-state index in [4.69, 9.17) is 12.2 Å². The molecule has 0 bridgehead atoms. The van der Waals surface area contributed by atoms with Crippen LogP contribution in [0.4, 0.5) is 5.95 Å². The van der Waals surface area contributed by atoms with Gasteiger partial charge in [0, 0.05) is 26.2 Å². The van der Waals surface area contributed by atoms with Gasteiger partial charge in [-0.25, -0.2) is 5.10 Å². The van der Waals surface area contributed by atoms with Gasteiger partial charge >= 0.3 is 0 Å². The Morgan fingerprint density at radius 3 is 2.52 bits per heavy atom. The van der Waals surface area contributed by atoms with Crippen molar-refractivity contribution in [2.24, 2.45) is 0 Å². The van der Waals surface area contributed by atoms with Gasteiger partial charge in [-0.2, -0.15) is 0 Å². The Labute approximate surface area is 130 Å². The predicted molar refractivity (Wildman–Crippen MR) is 87.7 cm³/mol. The molecule has 1 aromatic carbocycles. The molecule has 21 heavy (non-hydrogen) atoms. The maximum atomic E-state index is 5.40. The molecule has 0 spiro atoms. The third-order valence-electron chi connectivity index (χ3n) is 3.86. The normalized spacial score (nSPS) is 16.3. The first-order valence-electron chi connectivity index (χ1n) is 7.49. The number of aromatic nitrogens is 3. The topological polar surface area (TPSA) is 40.1 Å². The summed E-state index contributed by atoms with van der Waals surface area (Å²) in [4.78, 5) is 4.82. The van der Waals surface area contributed by atoms with E-state index in [1.54, 1.807) is 0 Å². The van der Waals surface area contributed by atoms with Crippen LogP contribution in [0.1, 0.15) is 13.3 Å². The van der Waals surface area contributed by atoms with Crippen molar-refractivity contribution < 1.29 is 0 Å². The van der Waals surface area contributed by atoms with Crippen LogP contribution in [-0.4, -0.2) is 52.4 Å². The van der Waals surface area contributed by atoms with Crippen LogP contribution in [0.5, 0.6) is 0 Å². The molecule has 0 unspecified atom stereocenters.